The third-order valence-electron chi connectivity index (χ3n) is 1.59. The van der Waals surface area contributed by atoms with Crippen molar-refractivity contribution >= 4 is 37.1 Å². The van der Waals surface area contributed by atoms with E-state index in [1.807, 2.05) is 0 Å². The molecule has 0 saturated carbocycles. The van der Waals surface area contributed by atoms with Crippen LogP contribution >= 0.6 is 27.3 Å². The summed E-state index contributed by atoms with van der Waals surface area (Å²) < 4.78 is 24.8. The molecular weight excluding hydrogens is 312 g/mol. The molecular formula is C9H9BrN2O2S2. The Morgan fingerprint density at radius 3 is 2.56 bits per heavy atom. The van der Waals surface area contributed by atoms with Gasteiger partial charge in [-0.2, -0.15) is 5.26 Å². The maximum atomic E-state index is 12.0. The molecule has 0 aromatic carbocycles. The number of hydrogen-bond acceptors (Lipinski definition) is 5. The summed E-state index contributed by atoms with van der Waals surface area (Å²) in [7, 11) is -0.351. The lowest BCUT2D eigenvalue weighted by molar-refractivity contribution is 0.559. The van der Waals surface area contributed by atoms with E-state index >= 15 is 0 Å². The van der Waals surface area contributed by atoms with Crippen LogP contribution in [0.5, 0.6) is 0 Å². The normalized spacial score (nSPS) is 12.2. The molecule has 0 fully saturated rings. The van der Waals surface area contributed by atoms with Crippen molar-refractivity contribution in [2.24, 2.45) is 0 Å². The first-order valence-corrected chi connectivity index (χ1v) is 7.26. The fourth-order valence-corrected chi connectivity index (χ4v) is 4.30. The minimum absolute atomic E-state index is 0.161. The predicted octanol–water partition coefficient (Wildman–Crippen LogP) is 2.21. The number of rotatable bonds is 3. The van der Waals surface area contributed by atoms with Gasteiger partial charge in [-0.15, -0.1) is 11.3 Å². The molecule has 0 atom stereocenters. The van der Waals surface area contributed by atoms with Crippen LogP contribution in [0.4, 0.5) is 0 Å². The number of nitrogens with zero attached hydrogens (tertiary/aromatic N) is 2. The maximum absolute atomic E-state index is 12.0. The SMILES string of the molecule is CN(C)C=C(C#N)S(=O)(=O)c1ccc(Br)s1. The van der Waals surface area contributed by atoms with Gasteiger partial charge in [0.2, 0.25) is 9.84 Å². The van der Waals surface area contributed by atoms with E-state index in [0.29, 0.717) is 3.79 Å². The van der Waals surface area contributed by atoms with Gasteiger partial charge in [-0.1, -0.05) is 0 Å². The van der Waals surface area contributed by atoms with Gasteiger partial charge >= 0.3 is 0 Å². The first kappa shape index (κ1) is 13.2. The van der Waals surface area contributed by atoms with Gasteiger partial charge in [0.15, 0.2) is 4.91 Å². The standard InChI is InChI=1S/C9H9BrN2O2S2/c1-12(2)6-7(5-11)16(13,14)9-4-3-8(10)15-9/h3-4,6H,1-2H3. The topological polar surface area (TPSA) is 61.2 Å². The Bertz CT molecular complexity index is 552. The van der Waals surface area contributed by atoms with Gasteiger partial charge in [0, 0.05) is 20.3 Å². The molecule has 0 aliphatic heterocycles. The predicted molar refractivity (Wildman–Crippen MR) is 66.6 cm³/mol. The molecule has 0 spiro atoms. The van der Waals surface area contributed by atoms with Gasteiger partial charge in [0.05, 0.1) is 3.79 Å². The van der Waals surface area contributed by atoms with E-state index in [1.54, 1.807) is 26.2 Å². The Labute approximate surface area is 107 Å². The van der Waals surface area contributed by atoms with Crippen molar-refractivity contribution in [3.63, 3.8) is 0 Å². The molecule has 1 heterocycles. The fraction of sp³-hybridized carbons (Fsp3) is 0.222. The summed E-state index contributed by atoms with van der Waals surface area (Å²) >= 11 is 4.27. The third kappa shape index (κ3) is 2.84. The van der Waals surface area contributed by atoms with Crippen molar-refractivity contribution in [1.82, 2.24) is 4.90 Å². The second-order valence-corrected chi connectivity index (χ2v) is 7.74. The minimum atomic E-state index is -3.68. The highest BCUT2D eigenvalue weighted by Crippen LogP contribution is 2.29. The monoisotopic (exact) mass is 320 g/mol. The Hall–Kier alpha value is -0.840. The van der Waals surface area contributed by atoms with Crippen LogP contribution in [0, 0.1) is 11.3 Å². The van der Waals surface area contributed by atoms with Crippen LogP contribution in [-0.2, 0) is 9.84 Å². The Morgan fingerprint density at radius 1 is 1.56 bits per heavy atom. The van der Waals surface area contributed by atoms with Crippen molar-refractivity contribution in [2.75, 3.05) is 14.1 Å². The van der Waals surface area contributed by atoms with E-state index in [-0.39, 0.29) is 9.11 Å². The largest absolute Gasteiger partial charge is 0.382 e. The van der Waals surface area contributed by atoms with Crippen LogP contribution < -0.4 is 0 Å². The fourth-order valence-electron chi connectivity index (χ4n) is 0.943. The van der Waals surface area contributed by atoms with Crippen molar-refractivity contribution in [1.29, 1.82) is 5.26 Å². The Balaban J connectivity index is 3.27. The molecule has 0 amide bonds. The van der Waals surface area contributed by atoms with E-state index in [0.717, 1.165) is 11.3 Å². The maximum Gasteiger partial charge on any atom is 0.227 e. The second-order valence-electron chi connectivity index (χ2n) is 3.13. The molecule has 0 radical (unpaired) electrons. The number of hydrogen-bond donors (Lipinski definition) is 0. The Morgan fingerprint density at radius 2 is 2.19 bits per heavy atom. The summed E-state index contributed by atoms with van der Waals surface area (Å²) in [5, 5.41) is 8.85. The van der Waals surface area contributed by atoms with E-state index in [9.17, 15) is 8.42 Å². The summed E-state index contributed by atoms with van der Waals surface area (Å²) in [6, 6.07) is 4.82. The molecule has 16 heavy (non-hydrogen) atoms. The lowest BCUT2D eigenvalue weighted by Gasteiger charge is -2.06. The number of nitriles is 1. The molecule has 0 aliphatic carbocycles. The van der Waals surface area contributed by atoms with Crippen LogP contribution in [0.2, 0.25) is 0 Å². The molecule has 1 aromatic rings. The van der Waals surface area contributed by atoms with Crippen molar-refractivity contribution < 1.29 is 8.42 Å². The zero-order valence-corrected chi connectivity index (χ0v) is 11.9. The summed E-state index contributed by atoms with van der Waals surface area (Å²) in [5.74, 6) is 0. The lowest BCUT2D eigenvalue weighted by Crippen LogP contribution is -2.08. The van der Waals surface area contributed by atoms with Crippen LogP contribution in [0.3, 0.4) is 0 Å². The number of thiophene rings is 1. The van der Waals surface area contributed by atoms with Gasteiger partial charge in [0.25, 0.3) is 0 Å². The van der Waals surface area contributed by atoms with E-state index < -0.39 is 9.84 Å². The smallest absolute Gasteiger partial charge is 0.227 e. The van der Waals surface area contributed by atoms with Gasteiger partial charge in [0.1, 0.15) is 10.3 Å². The molecule has 86 valence electrons. The highest BCUT2D eigenvalue weighted by atomic mass is 79.9. The molecule has 0 bridgehead atoms. The average molecular weight is 321 g/mol. The summed E-state index contributed by atoms with van der Waals surface area (Å²) in [4.78, 5) is 1.27. The molecule has 1 rings (SSSR count). The first-order valence-electron chi connectivity index (χ1n) is 4.16. The molecule has 0 N–H and O–H groups in total. The third-order valence-corrected chi connectivity index (χ3v) is 5.36. The summed E-state index contributed by atoms with van der Waals surface area (Å²) in [6.45, 7) is 0. The molecule has 7 heteroatoms. The zero-order valence-electron chi connectivity index (χ0n) is 8.64. The zero-order chi connectivity index (χ0) is 12.3. The van der Waals surface area contributed by atoms with E-state index in [2.05, 4.69) is 15.9 Å². The van der Waals surface area contributed by atoms with Crippen LogP contribution in [0.1, 0.15) is 0 Å². The summed E-state index contributed by atoms with van der Waals surface area (Å²) in [6.07, 6.45) is 1.29. The molecule has 1 aromatic heterocycles. The summed E-state index contributed by atoms with van der Waals surface area (Å²) in [5.41, 5.74) is 0. The number of allylic oxidation sites excluding steroid dienone is 1. The van der Waals surface area contributed by atoms with Crippen molar-refractivity contribution in [3.05, 3.63) is 27.0 Å². The quantitative estimate of drug-likeness (QED) is 0.801. The Kier molecular flexibility index (Phi) is 4.13. The highest BCUT2D eigenvalue weighted by molar-refractivity contribution is 9.11. The van der Waals surface area contributed by atoms with Crippen molar-refractivity contribution in [3.8, 4) is 6.07 Å². The van der Waals surface area contributed by atoms with Crippen LogP contribution in [-0.4, -0.2) is 27.4 Å². The van der Waals surface area contributed by atoms with Gasteiger partial charge in [-0.25, -0.2) is 8.42 Å². The van der Waals surface area contributed by atoms with E-state index in [1.165, 1.54) is 17.2 Å². The highest BCUT2D eigenvalue weighted by Gasteiger charge is 2.22. The van der Waals surface area contributed by atoms with E-state index in [4.69, 9.17) is 5.26 Å². The molecule has 0 saturated heterocycles. The molecule has 0 unspecified atom stereocenters. The van der Waals surface area contributed by atoms with Gasteiger partial charge in [-0.3, -0.25) is 0 Å². The number of sulfone groups is 1. The van der Waals surface area contributed by atoms with Gasteiger partial charge in [-0.05, 0) is 28.1 Å². The first-order chi connectivity index (χ1) is 7.37. The van der Waals surface area contributed by atoms with Crippen molar-refractivity contribution in [2.45, 2.75) is 4.21 Å². The average Bonchev–Trinajstić information content (AvgIpc) is 2.61. The minimum Gasteiger partial charge on any atom is -0.382 e. The van der Waals surface area contributed by atoms with Gasteiger partial charge < -0.3 is 4.90 Å². The molecule has 0 aliphatic rings. The van der Waals surface area contributed by atoms with Crippen LogP contribution in [0.25, 0.3) is 0 Å². The second kappa shape index (κ2) is 4.99. The molecule has 4 nitrogen and oxygen atoms in total. The van der Waals surface area contributed by atoms with Crippen LogP contribution in [0.15, 0.2) is 31.2 Å². The number of halogens is 1. The lowest BCUT2D eigenvalue weighted by atomic mass is 10.6.